The molecular formula is C14H27N. The summed E-state index contributed by atoms with van der Waals surface area (Å²) in [6.45, 7) is 13.3. The van der Waals surface area contributed by atoms with Crippen molar-refractivity contribution in [3.8, 4) is 11.8 Å². The average molecular weight is 209 g/mol. The predicted octanol–water partition coefficient (Wildman–Crippen LogP) is 3.45. The Hall–Kier alpha value is -0.480. The second-order valence-corrected chi connectivity index (χ2v) is 5.44. The fourth-order valence-electron chi connectivity index (χ4n) is 1.47. The molecule has 0 aliphatic carbocycles. The highest BCUT2D eigenvalue weighted by atomic mass is 14.8. The Morgan fingerprint density at radius 1 is 1.20 bits per heavy atom. The Bertz CT molecular complexity index is 205. The van der Waals surface area contributed by atoms with E-state index in [2.05, 4.69) is 44.9 Å². The summed E-state index contributed by atoms with van der Waals surface area (Å²) < 4.78 is 0. The minimum absolute atomic E-state index is 0.424. The van der Waals surface area contributed by atoms with Crippen LogP contribution >= 0.6 is 0 Å². The molecule has 0 unspecified atom stereocenters. The van der Waals surface area contributed by atoms with E-state index in [0.717, 1.165) is 25.4 Å². The van der Waals surface area contributed by atoms with Gasteiger partial charge in [0.05, 0.1) is 0 Å². The van der Waals surface area contributed by atoms with Crippen LogP contribution in [0.4, 0.5) is 0 Å². The first-order valence-electron chi connectivity index (χ1n) is 6.08. The van der Waals surface area contributed by atoms with Crippen molar-refractivity contribution in [2.75, 3.05) is 13.1 Å². The molecule has 0 heterocycles. The van der Waals surface area contributed by atoms with Crippen LogP contribution in [0.1, 0.15) is 53.9 Å². The van der Waals surface area contributed by atoms with Gasteiger partial charge in [-0.25, -0.2) is 0 Å². The maximum Gasteiger partial charge on any atom is 0.00936 e. The molecule has 0 bridgehead atoms. The molecule has 0 rings (SSSR count). The summed E-state index contributed by atoms with van der Waals surface area (Å²) >= 11 is 0. The molecule has 0 fully saturated rings. The van der Waals surface area contributed by atoms with Gasteiger partial charge in [-0.2, -0.15) is 0 Å². The molecule has 1 nitrogen and oxygen atoms in total. The number of rotatable bonds is 7. The molecule has 0 saturated heterocycles. The third-order valence-electron chi connectivity index (χ3n) is 2.63. The van der Waals surface area contributed by atoms with Crippen molar-refractivity contribution in [1.82, 2.24) is 5.32 Å². The largest absolute Gasteiger partial charge is 0.316 e. The van der Waals surface area contributed by atoms with Crippen LogP contribution in [-0.2, 0) is 0 Å². The van der Waals surface area contributed by atoms with E-state index in [1.807, 2.05) is 6.92 Å². The van der Waals surface area contributed by atoms with Crippen LogP contribution < -0.4 is 5.32 Å². The molecule has 0 radical (unpaired) electrons. The Morgan fingerprint density at radius 3 is 2.40 bits per heavy atom. The third kappa shape index (κ3) is 9.82. The molecule has 0 aliphatic heterocycles. The summed E-state index contributed by atoms with van der Waals surface area (Å²) in [6.07, 6.45) is 3.48. The van der Waals surface area contributed by atoms with Crippen molar-refractivity contribution in [3.63, 3.8) is 0 Å². The number of hydrogen-bond donors (Lipinski definition) is 1. The van der Waals surface area contributed by atoms with Crippen molar-refractivity contribution in [3.05, 3.63) is 0 Å². The molecule has 0 aromatic carbocycles. The highest BCUT2D eigenvalue weighted by molar-refractivity contribution is 4.95. The molecule has 0 amide bonds. The van der Waals surface area contributed by atoms with Gasteiger partial charge in [0.15, 0.2) is 0 Å². The van der Waals surface area contributed by atoms with Gasteiger partial charge in [-0.05, 0) is 44.2 Å². The van der Waals surface area contributed by atoms with Gasteiger partial charge in [-0.15, -0.1) is 11.8 Å². The van der Waals surface area contributed by atoms with Crippen molar-refractivity contribution < 1.29 is 0 Å². The van der Waals surface area contributed by atoms with Crippen LogP contribution in [0.15, 0.2) is 0 Å². The minimum atomic E-state index is 0.424. The van der Waals surface area contributed by atoms with Crippen molar-refractivity contribution >= 4 is 0 Å². The lowest BCUT2D eigenvalue weighted by molar-refractivity contribution is 0.304. The zero-order valence-corrected chi connectivity index (χ0v) is 11.1. The molecule has 0 saturated carbocycles. The van der Waals surface area contributed by atoms with Crippen molar-refractivity contribution in [2.24, 2.45) is 11.3 Å². The van der Waals surface area contributed by atoms with E-state index in [1.165, 1.54) is 12.8 Å². The van der Waals surface area contributed by atoms with Crippen LogP contribution in [-0.4, -0.2) is 13.1 Å². The van der Waals surface area contributed by atoms with Crippen LogP contribution in [0.3, 0.4) is 0 Å². The number of nitrogens with one attached hydrogen (secondary N) is 1. The summed E-state index contributed by atoms with van der Waals surface area (Å²) in [7, 11) is 0. The van der Waals surface area contributed by atoms with Gasteiger partial charge in [0.25, 0.3) is 0 Å². The van der Waals surface area contributed by atoms with Crippen LogP contribution in [0.25, 0.3) is 0 Å². The minimum Gasteiger partial charge on any atom is -0.316 e. The lowest BCUT2D eigenvalue weighted by Crippen LogP contribution is -2.25. The predicted molar refractivity (Wildman–Crippen MR) is 68.8 cm³/mol. The van der Waals surface area contributed by atoms with E-state index in [1.54, 1.807) is 0 Å². The average Bonchev–Trinajstić information content (AvgIpc) is 2.13. The zero-order chi connectivity index (χ0) is 11.7. The fourth-order valence-corrected chi connectivity index (χ4v) is 1.47. The Kier molecular flexibility index (Phi) is 7.52. The Balaban J connectivity index is 3.58. The van der Waals surface area contributed by atoms with Crippen LogP contribution in [0.2, 0.25) is 0 Å². The second kappa shape index (κ2) is 7.77. The highest BCUT2D eigenvalue weighted by Gasteiger charge is 2.15. The first kappa shape index (κ1) is 14.5. The molecule has 0 aromatic rings. The normalized spacial score (nSPS) is 11.3. The topological polar surface area (TPSA) is 12.0 Å². The molecule has 88 valence electrons. The van der Waals surface area contributed by atoms with Gasteiger partial charge < -0.3 is 5.32 Å². The van der Waals surface area contributed by atoms with Gasteiger partial charge in [0, 0.05) is 6.42 Å². The molecule has 0 spiro atoms. The van der Waals surface area contributed by atoms with Gasteiger partial charge in [-0.3, -0.25) is 0 Å². The van der Waals surface area contributed by atoms with Crippen LogP contribution in [0, 0.1) is 23.2 Å². The first-order chi connectivity index (χ1) is 6.98. The maximum absolute atomic E-state index is 3.50. The molecule has 1 N–H and O–H groups in total. The third-order valence-corrected chi connectivity index (χ3v) is 2.63. The zero-order valence-electron chi connectivity index (χ0n) is 11.1. The molecule has 1 heteroatoms. The summed E-state index contributed by atoms with van der Waals surface area (Å²) in [5, 5.41) is 3.50. The summed E-state index contributed by atoms with van der Waals surface area (Å²) in [6, 6.07) is 0. The van der Waals surface area contributed by atoms with E-state index in [4.69, 9.17) is 0 Å². The first-order valence-corrected chi connectivity index (χ1v) is 6.08. The lowest BCUT2D eigenvalue weighted by atomic mass is 9.84. The Labute approximate surface area is 96.0 Å². The van der Waals surface area contributed by atoms with Gasteiger partial charge in [0.1, 0.15) is 0 Å². The van der Waals surface area contributed by atoms with E-state index in [-0.39, 0.29) is 0 Å². The van der Waals surface area contributed by atoms with Crippen molar-refractivity contribution in [1.29, 1.82) is 0 Å². The lowest BCUT2D eigenvalue weighted by Gasteiger charge is -2.24. The smallest absolute Gasteiger partial charge is 0.00936 e. The molecular weight excluding hydrogens is 182 g/mol. The quantitative estimate of drug-likeness (QED) is 0.500. The van der Waals surface area contributed by atoms with Gasteiger partial charge in [-0.1, -0.05) is 27.7 Å². The molecule has 15 heavy (non-hydrogen) atoms. The highest BCUT2D eigenvalue weighted by Crippen LogP contribution is 2.25. The van der Waals surface area contributed by atoms with E-state index >= 15 is 0 Å². The second-order valence-electron chi connectivity index (χ2n) is 5.44. The van der Waals surface area contributed by atoms with Gasteiger partial charge in [0.2, 0.25) is 0 Å². The summed E-state index contributed by atoms with van der Waals surface area (Å²) in [5.74, 6) is 6.85. The fraction of sp³-hybridized carbons (Fsp3) is 0.857. The Morgan fingerprint density at radius 2 is 1.87 bits per heavy atom. The van der Waals surface area contributed by atoms with Gasteiger partial charge >= 0.3 is 0 Å². The van der Waals surface area contributed by atoms with E-state index in [0.29, 0.717) is 5.41 Å². The SMILES string of the molecule is CC#CCCC(C)(C)CCNCC(C)C. The molecule has 0 aromatic heterocycles. The molecule has 0 atom stereocenters. The van der Waals surface area contributed by atoms with Crippen LogP contribution in [0.5, 0.6) is 0 Å². The van der Waals surface area contributed by atoms with Crippen molar-refractivity contribution in [2.45, 2.75) is 53.9 Å². The number of hydrogen-bond acceptors (Lipinski definition) is 1. The summed E-state index contributed by atoms with van der Waals surface area (Å²) in [5.41, 5.74) is 0.424. The molecule has 0 aliphatic rings. The maximum atomic E-state index is 3.50. The standard InChI is InChI=1S/C14H27N/c1-6-7-8-9-14(4,5)10-11-15-12-13(2)3/h13,15H,8-12H2,1-5H3. The van der Waals surface area contributed by atoms with E-state index < -0.39 is 0 Å². The monoisotopic (exact) mass is 209 g/mol. The van der Waals surface area contributed by atoms with E-state index in [9.17, 15) is 0 Å². The summed E-state index contributed by atoms with van der Waals surface area (Å²) in [4.78, 5) is 0.